The Hall–Kier alpha value is -1.13. The van der Waals surface area contributed by atoms with E-state index < -0.39 is 0 Å². The molecular weight excluding hydrogens is 228 g/mol. The lowest BCUT2D eigenvalue weighted by atomic mass is 10.1. The summed E-state index contributed by atoms with van der Waals surface area (Å²) in [6.45, 7) is 5.43. The quantitative estimate of drug-likeness (QED) is 0.720. The van der Waals surface area contributed by atoms with E-state index in [-0.39, 0.29) is 6.04 Å². The van der Waals surface area contributed by atoms with Crippen LogP contribution in [0.1, 0.15) is 31.2 Å². The lowest BCUT2D eigenvalue weighted by molar-refractivity contribution is 0.184. The zero-order valence-corrected chi connectivity index (χ0v) is 11.6. The summed E-state index contributed by atoms with van der Waals surface area (Å²) in [6, 6.07) is 4.04. The number of rotatable bonds is 8. The van der Waals surface area contributed by atoms with Crippen molar-refractivity contribution in [1.82, 2.24) is 4.98 Å². The highest BCUT2D eigenvalue weighted by Gasteiger charge is 2.08. The third-order valence-corrected chi connectivity index (χ3v) is 2.59. The van der Waals surface area contributed by atoms with Crippen LogP contribution in [0.2, 0.25) is 0 Å². The number of pyridine rings is 1. The SMILES string of the molecule is COCCCCOc1ccc(C)nc1CC(C)N. The highest BCUT2D eigenvalue weighted by Crippen LogP contribution is 2.18. The van der Waals surface area contributed by atoms with E-state index >= 15 is 0 Å². The molecule has 1 heterocycles. The number of hydrogen-bond acceptors (Lipinski definition) is 4. The Morgan fingerprint density at radius 1 is 1.28 bits per heavy atom. The lowest BCUT2D eigenvalue weighted by Gasteiger charge is -2.13. The summed E-state index contributed by atoms with van der Waals surface area (Å²) >= 11 is 0. The molecule has 4 nitrogen and oxygen atoms in total. The van der Waals surface area contributed by atoms with Crippen molar-refractivity contribution in [2.45, 2.75) is 39.2 Å². The van der Waals surface area contributed by atoms with Gasteiger partial charge in [0.15, 0.2) is 0 Å². The molecule has 0 saturated heterocycles. The van der Waals surface area contributed by atoms with Gasteiger partial charge in [-0.2, -0.15) is 0 Å². The Morgan fingerprint density at radius 2 is 2.00 bits per heavy atom. The molecule has 102 valence electrons. The molecule has 0 aromatic carbocycles. The Bertz CT molecular complexity index is 354. The Balaban J connectivity index is 2.52. The van der Waals surface area contributed by atoms with E-state index in [0.717, 1.165) is 43.0 Å². The minimum atomic E-state index is 0.0927. The molecule has 0 spiro atoms. The van der Waals surface area contributed by atoms with E-state index in [4.69, 9.17) is 15.2 Å². The van der Waals surface area contributed by atoms with Crippen molar-refractivity contribution in [1.29, 1.82) is 0 Å². The third-order valence-electron chi connectivity index (χ3n) is 2.59. The van der Waals surface area contributed by atoms with E-state index in [2.05, 4.69) is 4.98 Å². The zero-order chi connectivity index (χ0) is 13.4. The Labute approximate surface area is 110 Å². The Morgan fingerprint density at radius 3 is 2.67 bits per heavy atom. The second-order valence-corrected chi connectivity index (χ2v) is 4.63. The molecule has 1 aromatic heterocycles. The third kappa shape index (κ3) is 5.47. The predicted octanol–water partition coefficient (Wildman–Crippen LogP) is 2.09. The smallest absolute Gasteiger partial charge is 0.140 e. The standard InChI is InChI=1S/C14H24N2O2/c1-11(15)10-13-14(7-6-12(2)16-13)18-9-5-4-8-17-3/h6-7,11H,4-5,8-10,15H2,1-3H3. The summed E-state index contributed by atoms with van der Waals surface area (Å²) in [5.41, 5.74) is 7.78. The van der Waals surface area contributed by atoms with Crippen molar-refractivity contribution >= 4 is 0 Å². The van der Waals surface area contributed by atoms with Crippen molar-refractivity contribution in [2.24, 2.45) is 5.73 Å². The summed E-state index contributed by atoms with van der Waals surface area (Å²) in [4.78, 5) is 4.50. The molecule has 0 bridgehead atoms. The summed E-state index contributed by atoms with van der Waals surface area (Å²) in [5.74, 6) is 0.857. The minimum Gasteiger partial charge on any atom is -0.492 e. The molecule has 1 unspecified atom stereocenters. The van der Waals surface area contributed by atoms with Crippen LogP contribution in [0.4, 0.5) is 0 Å². The Kier molecular flexibility index (Phi) is 6.68. The topological polar surface area (TPSA) is 57.4 Å². The maximum Gasteiger partial charge on any atom is 0.140 e. The van der Waals surface area contributed by atoms with Crippen LogP contribution in [0.3, 0.4) is 0 Å². The van der Waals surface area contributed by atoms with Crippen molar-refractivity contribution in [3.05, 3.63) is 23.5 Å². The van der Waals surface area contributed by atoms with Gasteiger partial charge in [-0.1, -0.05) is 0 Å². The molecule has 2 N–H and O–H groups in total. The molecule has 4 heteroatoms. The first-order chi connectivity index (χ1) is 8.63. The number of ether oxygens (including phenoxy) is 2. The van der Waals surface area contributed by atoms with Gasteiger partial charge in [-0.25, -0.2) is 0 Å². The normalized spacial score (nSPS) is 12.4. The van der Waals surface area contributed by atoms with Crippen LogP contribution in [0.15, 0.2) is 12.1 Å². The first-order valence-electron chi connectivity index (χ1n) is 6.47. The van der Waals surface area contributed by atoms with Gasteiger partial charge in [0.25, 0.3) is 0 Å². The number of nitrogens with zero attached hydrogens (tertiary/aromatic N) is 1. The van der Waals surface area contributed by atoms with Crippen LogP contribution < -0.4 is 10.5 Å². The molecule has 0 amide bonds. The van der Waals surface area contributed by atoms with Crippen molar-refractivity contribution in [2.75, 3.05) is 20.3 Å². The zero-order valence-electron chi connectivity index (χ0n) is 11.6. The maximum absolute atomic E-state index is 5.83. The predicted molar refractivity (Wildman–Crippen MR) is 72.9 cm³/mol. The number of hydrogen-bond donors (Lipinski definition) is 1. The summed E-state index contributed by atoms with van der Waals surface area (Å²) in [7, 11) is 1.71. The van der Waals surface area contributed by atoms with Crippen LogP contribution in [0, 0.1) is 6.92 Å². The number of unbranched alkanes of at least 4 members (excludes halogenated alkanes) is 1. The molecule has 0 aliphatic heterocycles. The molecule has 0 aliphatic rings. The number of aromatic nitrogens is 1. The first kappa shape index (κ1) is 14.9. The largest absolute Gasteiger partial charge is 0.492 e. The van der Waals surface area contributed by atoms with Gasteiger partial charge in [0.1, 0.15) is 5.75 Å². The van der Waals surface area contributed by atoms with Gasteiger partial charge in [-0.05, 0) is 38.8 Å². The van der Waals surface area contributed by atoms with Gasteiger partial charge < -0.3 is 15.2 Å². The molecule has 1 aromatic rings. The fraction of sp³-hybridized carbons (Fsp3) is 0.643. The summed E-state index contributed by atoms with van der Waals surface area (Å²) in [5, 5.41) is 0. The van der Waals surface area contributed by atoms with E-state index in [1.54, 1.807) is 7.11 Å². The fourth-order valence-electron chi connectivity index (χ4n) is 1.71. The molecule has 0 fully saturated rings. The van der Waals surface area contributed by atoms with Gasteiger partial charge in [-0.15, -0.1) is 0 Å². The highest BCUT2D eigenvalue weighted by atomic mass is 16.5. The minimum absolute atomic E-state index is 0.0927. The van der Waals surface area contributed by atoms with E-state index in [1.807, 2.05) is 26.0 Å². The van der Waals surface area contributed by atoms with Gasteiger partial charge in [0.2, 0.25) is 0 Å². The van der Waals surface area contributed by atoms with Crippen molar-refractivity contribution in [3.63, 3.8) is 0 Å². The van der Waals surface area contributed by atoms with Gasteiger partial charge >= 0.3 is 0 Å². The van der Waals surface area contributed by atoms with Crippen LogP contribution in [0.25, 0.3) is 0 Å². The van der Waals surface area contributed by atoms with Crippen LogP contribution in [-0.4, -0.2) is 31.3 Å². The van der Waals surface area contributed by atoms with Crippen molar-refractivity contribution in [3.8, 4) is 5.75 Å². The molecule has 1 atom stereocenters. The first-order valence-corrected chi connectivity index (χ1v) is 6.47. The summed E-state index contributed by atoms with van der Waals surface area (Å²) in [6.07, 6.45) is 2.74. The van der Waals surface area contributed by atoms with Crippen molar-refractivity contribution < 1.29 is 9.47 Å². The molecular formula is C14H24N2O2. The molecule has 18 heavy (non-hydrogen) atoms. The van der Waals surface area contributed by atoms with Gasteiger partial charge in [0, 0.05) is 31.9 Å². The number of nitrogens with two attached hydrogens (primary N) is 1. The number of methoxy groups -OCH3 is 1. The highest BCUT2D eigenvalue weighted by molar-refractivity contribution is 5.29. The monoisotopic (exact) mass is 252 g/mol. The van der Waals surface area contributed by atoms with Crippen LogP contribution in [-0.2, 0) is 11.2 Å². The molecule has 0 radical (unpaired) electrons. The van der Waals surface area contributed by atoms with E-state index in [0.29, 0.717) is 6.61 Å². The van der Waals surface area contributed by atoms with E-state index in [1.165, 1.54) is 0 Å². The average Bonchev–Trinajstić information content (AvgIpc) is 2.30. The maximum atomic E-state index is 5.83. The van der Waals surface area contributed by atoms with Crippen LogP contribution >= 0.6 is 0 Å². The van der Waals surface area contributed by atoms with E-state index in [9.17, 15) is 0 Å². The average molecular weight is 252 g/mol. The van der Waals surface area contributed by atoms with Gasteiger partial charge in [-0.3, -0.25) is 4.98 Å². The van der Waals surface area contributed by atoms with Gasteiger partial charge in [0.05, 0.1) is 12.3 Å². The molecule has 0 aliphatic carbocycles. The summed E-state index contributed by atoms with van der Waals surface area (Å²) < 4.78 is 10.8. The lowest BCUT2D eigenvalue weighted by Crippen LogP contribution is -2.19. The second-order valence-electron chi connectivity index (χ2n) is 4.63. The second kappa shape index (κ2) is 8.06. The van der Waals surface area contributed by atoms with Crippen LogP contribution in [0.5, 0.6) is 5.75 Å². The fourth-order valence-corrected chi connectivity index (χ4v) is 1.71. The number of aryl methyl sites for hydroxylation is 1. The molecule has 1 rings (SSSR count). The molecule has 0 saturated carbocycles.